The van der Waals surface area contributed by atoms with Crippen LogP contribution in [0.4, 0.5) is 0 Å². The van der Waals surface area contributed by atoms with E-state index in [1.54, 1.807) is 0 Å². The van der Waals surface area contributed by atoms with Crippen LogP contribution in [-0.4, -0.2) is 25.9 Å². The molecule has 3 nitrogen and oxygen atoms in total. The van der Waals surface area contributed by atoms with Crippen molar-refractivity contribution in [1.29, 1.82) is 0 Å². The predicted octanol–water partition coefficient (Wildman–Crippen LogP) is 3.70. The zero-order valence-electron chi connectivity index (χ0n) is 12.7. The van der Waals surface area contributed by atoms with E-state index < -0.39 is 0 Å². The standard InChI is InChI=1S/C17H27NO2/c1-3-4-11-19-16-9-7-15(8-10-16)14(2)18-13-17-6-5-12-20-17/h7-10,14,17-18H,3-6,11-13H2,1-2H3. The number of ether oxygens (including phenoxy) is 2. The van der Waals surface area contributed by atoms with Gasteiger partial charge in [-0.3, -0.25) is 0 Å². The smallest absolute Gasteiger partial charge is 0.119 e. The molecule has 0 spiro atoms. The number of hydrogen-bond acceptors (Lipinski definition) is 3. The highest BCUT2D eigenvalue weighted by molar-refractivity contribution is 5.28. The summed E-state index contributed by atoms with van der Waals surface area (Å²) in [5, 5.41) is 3.55. The zero-order valence-corrected chi connectivity index (χ0v) is 12.7. The van der Waals surface area contributed by atoms with E-state index in [0.29, 0.717) is 12.1 Å². The number of rotatable bonds is 8. The molecule has 0 aliphatic carbocycles. The van der Waals surface area contributed by atoms with Gasteiger partial charge in [0.2, 0.25) is 0 Å². The van der Waals surface area contributed by atoms with E-state index in [-0.39, 0.29) is 0 Å². The van der Waals surface area contributed by atoms with Gasteiger partial charge in [-0.05, 0) is 43.9 Å². The normalized spacial score (nSPS) is 20.0. The van der Waals surface area contributed by atoms with Gasteiger partial charge in [0, 0.05) is 19.2 Å². The molecule has 0 amide bonds. The van der Waals surface area contributed by atoms with Gasteiger partial charge < -0.3 is 14.8 Å². The van der Waals surface area contributed by atoms with Gasteiger partial charge >= 0.3 is 0 Å². The Morgan fingerprint density at radius 2 is 2.15 bits per heavy atom. The first-order valence-corrected chi connectivity index (χ1v) is 7.87. The lowest BCUT2D eigenvalue weighted by atomic mass is 10.1. The quantitative estimate of drug-likeness (QED) is 0.735. The Hall–Kier alpha value is -1.06. The Balaban J connectivity index is 1.75. The molecule has 0 aromatic heterocycles. The Kier molecular flexibility index (Phi) is 6.34. The topological polar surface area (TPSA) is 30.5 Å². The molecule has 1 fully saturated rings. The van der Waals surface area contributed by atoms with Gasteiger partial charge in [0.05, 0.1) is 12.7 Å². The zero-order chi connectivity index (χ0) is 14.2. The summed E-state index contributed by atoms with van der Waals surface area (Å²) in [7, 11) is 0. The Labute approximate surface area is 122 Å². The number of nitrogens with one attached hydrogen (secondary N) is 1. The van der Waals surface area contributed by atoms with E-state index in [1.165, 1.54) is 24.8 Å². The summed E-state index contributed by atoms with van der Waals surface area (Å²) in [5.74, 6) is 0.966. The third kappa shape index (κ3) is 4.80. The summed E-state index contributed by atoms with van der Waals surface area (Å²) in [4.78, 5) is 0. The first kappa shape index (κ1) is 15.3. The highest BCUT2D eigenvalue weighted by atomic mass is 16.5. The fourth-order valence-corrected chi connectivity index (χ4v) is 2.42. The van der Waals surface area contributed by atoms with Crippen LogP contribution < -0.4 is 10.1 Å². The molecule has 1 aliphatic heterocycles. The van der Waals surface area contributed by atoms with E-state index in [1.807, 2.05) is 0 Å². The van der Waals surface area contributed by atoms with Gasteiger partial charge in [-0.25, -0.2) is 0 Å². The van der Waals surface area contributed by atoms with Gasteiger partial charge in [0.25, 0.3) is 0 Å². The molecule has 0 saturated carbocycles. The third-order valence-electron chi connectivity index (χ3n) is 3.82. The Bertz CT molecular complexity index is 371. The van der Waals surface area contributed by atoms with Crippen molar-refractivity contribution in [3.05, 3.63) is 29.8 Å². The minimum absolute atomic E-state index is 0.351. The van der Waals surface area contributed by atoms with Gasteiger partial charge in [0.15, 0.2) is 0 Å². The summed E-state index contributed by atoms with van der Waals surface area (Å²) in [6, 6.07) is 8.77. The van der Waals surface area contributed by atoms with Crippen LogP contribution in [0.3, 0.4) is 0 Å². The maximum Gasteiger partial charge on any atom is 0.119 e. The fourth-order valence-electron chi connectivity index (χ4n) is 2.42. The van der Waals surface area contributed by atoms with Crippen molar-refractivity contribution >= 4 is 0 Å². The van der Waals surface area contributed by atoms with E-state index in [0.717, 1.165) is 31.9 Å². The molecule has 3 heteroatoms. The van der Waals surface area contributed by atoms with Crippen LogP contribution in [0.5, 0.6) is 5.75 Å². The van der Waals surface area contributed by atoms with Gasteiger partial charge in [-0.2, -0.15) is 0 Å². The van der Waals surface area contributed by atoms with Gasteiger partial charge in [-0.15, -0.1) is 0 Å². The molecule has 1 heterocycles. The third-order valence-corrected chi connectivity index (χ3v) is 3.82. The monoisotopic (exact) mass is 277 g/mol. The van der Waals surface area contributed by atoms with Crippen LogP contribution >= 0.6 is 0 Å². The van der Waals surface area contributed by atoms with Crippen molar-refractivity contribution in [1.82, 2.24) is 5.32 Å². The molecule has 0 radical (unpaired) electrons. The molecule has 20 heavy (non-hydrogen) atoms. The second-order valence-electron chi connectivity index (χ2n) is 5.54. The van der Waals surface area contributed by atoms with E-state index in [2.05, 4.69) is 43.4 Å². The molecule has 1 saturated heterocycles. The lowest BCUT2D eigenvalue weighted by molar-refractivity contribution is 0.108. The molecule has 1 N–H and O–H groups in total. The van der Waals surface area contributed by atoms with Crippen molar-refractivity contribution in [2.24, 2.45) is 0 Å². The molecule has 1 aliphatic rings. The van der Waals surface area contributed by atoms with Crippen LogP contribution in [0.1, 0.15) is 51.1 Å². The molecule has 112 valence electrons. The lowest BCUT2D eigenvalue weighted by Crippen LogP contribution is -2.28. The molecule has 1 aromatic carbocycles. The van der Waals surface area contributed by atoms with Crippen molar-refractivity contribution < 1.29 is 9.47 Å². The average molecular weight is 277 g/mol. The van der Waals surface area contributed by atoms with Crippen molar-refractivity contribution in [3.8, 4) is 5.75 Å². The Morgan fingerprint density at radius 1 is 1.35 bits per heavy atom. The molecule has 2 atom stereocenters. The molecule has 0 bridgehead atoms. The number of benzene rings is 1. The second kappa shape index (κ2) is 8.28. The van der Waals surface area contributed by atoms with E-state index >= 15 is 0 Å². The summed E-state index contributed by atoms with van der Waals surface area (Å²) < 4.78 is 11.3. The minimum Gasteiger partial charge on any atom is -0.494 e. The number of hydrogen-bond donors (Lipinski definition) is 1. The van der Waals surface area contributed by atoms with Crippen molar-refractivity contribution in [2.45, 2.75) is 51.7 Å². The first-order valence-electron chi connectivity index (χ1n) is 7.87. The predicted molar refractivity (Wildman–Crippen MR) is 82.2 cm³/mol. The molecule has 2 rings (SSSR count). The molecule has 1 aromatic rings. The van der Waals surface area contributed by atoms with Gasteiger partial charge in [-0.1, -0.05) is 25.5 Å². The van der Waals surface area contributed by atoms with Gasteiger partial charge in [0.1, 0.15) is 5.75 Å². The Morgan fingerprint density at radius 3 is 2.80 bits per heavy atom. The van der Waals surface area contributed by atoms with Crippen molar-refractivity contribution in [2.75, 3.05) is 19.8 Å². The van der Waals surface area contributed by atoms with Crippen LogP contribution in [0.2, 0.25) is 0 Å². The van der Waals surface area contributed by atoms with Crippen LogP contribution in [-0.2, 0) is 4.74 Å². The maximum absolute atomic E-state index is 5.68. The highest BCUT2D eigenvalue weighted by Gasteiger charge is 2.16. The maximum atomic E-state index is 5.68. The van der Waals surface area contributed by atoms with Crippen LogP contribution in [0.15, 0.2) is 24.3 Å². The highest BCUT2D eigenvalue weighted by Crippen LogP contribution is 2.19. The first-order chi connectivity index (χ1) is 9.79. The van der Waals surface area contributed by atoms with Crippen LogP contribution in [0.25, 0.3) is 0 Å². The van der Waals surface area contributed by atoms with Crippen LogP contribution in [0, 0.1) is 0 Å². The fraction of sp³-hybridized carbons (Fsp3) is 0.647. The lowest BCUT2D eigenvalue weighted by Gasteiger charge is -2.17. The van der Waals surface area contributed by atoms with E-state index in [4.69, 9.17) is 9.47 Å². The van der Waals surface area contributed by atoms with Crippen molar-refractivity contribution in [3.63, 3.8) is 0 Å². The molecule has 2 unspecified atom stereocenters. The largest absolute Gasteiger partial charge is 0.494 e. The average Bonchev–Trinajstić information content (AvgIpc) is 2.99. The summed E-state index contributed by atoms with van der Waals surface area (Å²) in [6.07, 6.45) is 5.06. The van der Waals surface area contributed by atoms with E-state index in [9.17, 15) is 0 Å². The summed E-state index contributed by atoms with van der Waals surface area (Å²) >= 11 is 0. The molecular weight excluding hydrogens is 250 g/mol. The SMILES string of the molecule is CCCCOc1ccc(C(C)NCC2CCCO2)cc1. The second-order valence-corrected chi connectivity index (χ2v) is 5.54. The molecular formula is C17H27NO2. The minimum atomic E-state index is 0.351. The number of unbranched alkanes of at least 4 members (excludes halogenated alkanes) is 1. The summed E-state index contributed by atoms with van der Waals surface area (Å²) in [5.41, 5.74) is 1.30. The summed E-state index contributed by atoms with van der Waals surface area (Å²) in [6.45, 7) is 7.04.